The van der Waals surface area contributed by atoms with E-state index < -0.39 is 5.91 Å². The molecule has 1 atom stereocenters. The molecule has 0 aliphatic carbocycles. The lowest BCUT2D eigenvalue weighted by atomic mass is 10.0. The molecule has 0 aliphatic heterocycles. The maximum atomic E-state index is 11.5. The average molecular weight is 285 g/mol. The zero-order valence-corrected chi connectivity index (χ0v) is 11.7. The van der Waals surface area contributed by atoms with E-state index in [1.54, 1.807) is 18.7 Å². The van der Waals surface area contributed by atoms with Gasteiger partial charge in [0.05, 0.1) is 6.42 Å². The fourth-order valence-electron chi connectivity index (χ4n) is 1.35. The summed E-state index contributed by atoms with van der Waals surface area (Å²) >= 11 is 1.45. The maximum absolute atomic E-state index is 11.5. The number of thioether (sulfide) groups is 1. The molecule has 1 aromatic heterocycles. The number of amides is 2. The van der Waals surface area contributed by atoms with Crippen molar-refractivity contribution in [1.29, 1.82) is 0 Å². The van der Waals surface area contributed by atoms with Crippen molar-refractivity contribution in [1.82, 2.24) is 25.5 Å². The summed E-state index contributed by atoms with van der Waals surface area (Å²) in [5.74, 6) is -0.113. The number of nitrogens with one attached hydrogen (secondary N) is 1. The highest BCUT2D eigenvalue weighted by Gasteiger charge is 2.11. The zero-order chi connectivity index (χ0) is 14.3. The van der Waals surface area contributed by atoms with Crippen LogP contribution in [-0.4, -0.2) is 44.3 Å². The van der Waals surface area contributed by atoms with Crippen LogP contribution in [0.15, 0.2) is 5.16 Å². The highest BCUT2D eigenvalue weighted by atomic mass is 32.2. The summed E-state index contributed by atoms with van der Waals surface area (Å²) in [5, 5.41) is 14.4. The Morgan fingerprint density at radius 2 is 2.32 bits per heavy atom. The molecule has 1 rings (SSSR count). The zero-order valence-electron chi connectivity index (χ0n) is 10.9. The maximum Gasteiger partial charge on any atom is 0.224 e. The monoisotopic (exact) mass is 285 g/mol. The minimum Gasteiger partial charge on any atom is -0.370 e. The summed E-state index contributed by atoms with van der Waals surface area (Å²) in [7, 11) is 1.75. The quantitative estimate of drug-likeness (QED) is 0.474. The van der Waals surface area contributed by atoms with E-state index in [2.05, 4.69) is 20.8 Å². The smallest absolute Gasteiger partial charge is 0.224 e. The summed E-state index contributed by atoms with van der Waals surface area (Å²) < 4.78 is 1.56. The number of aryl methyl sites for hydroxylation is 1. The Hall–Kier alpha value is -1.64. The van der Waals surface area contributed by atoms with E-state index in [0.717, 1.165) is 0 Å². The topological polar surface area (TPSA) is 116 Å². The molecule has 2 amide bonds. The molecular weight excluding hydrogens is 268 g/mol. The van der Waals surface area contributed by atoms with Crippen molar-refractivity contribution in [2.75, 3.05) is 12.3 Å². The van der Waals surface area contributed by atoms with Gasteiger partial charge in [-0.05, 0) is 16.3 Å². The van der Waals surface area contributed by atoms with Gasteiger partial charge in [0.1, 0.15) is 0 Å². The minimum atomic E-state index is -0.415. The Morgan fingerprint density at radius 3 is 2.89 bits per heavy atom. The molecule has 8 nitrogen and oxygen atoms in total. The summed E-state index contributed by atoms with van der Waals surface area (Å²) in [6.45, 7) is 2.26. The molecule has 0 fully saturated rings. The lowest BCUT2D eigenvalue weighted by Gasteiger charge is -2.08. The molecule has 0 aromatic carbocycles. The van der Waals surface area contributed by atoms with Gasteiger partial charge in [0.15, 0.2) is 0 Å². The van der Waals surface area contributed by atoms with Crippen LogP contribution in [-0.2, 0) is 16.6 Å². The number of primary amides is 1. The lowest BCUT2D eigenvalue weighted by molar-refractivity contribution is -0.119. The summed E-state index contributed by atoms with van der Waals surface area (Å²) in [6, 6.07) is 0. The number of hydrogen-bond donors (Lipinski definition) is 2. The first-order valence-electron chi connectivity index (χ1n) is 5.75. The highest BCUT2D eigenvalue weighted by Crippen LogP contribution is 2.11. The standard InChI is InChI=1S/C10H17N6O2S/c1-7(5-8(11)17)6-9(18)12-3-4-19-10-13-14-15-16(10)2/h6-7H,3-5H2,1-2H3,(H2,11,17)(H,12,18)/t7-/m1/s1. The van der Waals surface area contributed by atoms with Gasteiger partial charge in [0.2, 0.25) is 17.0 Å². The molecular formula is C10H17N6O2S. The van der Waals surface area contributed by atoms with E-state index in [-0.39, 0.29) is 18.2 Å². The number of nitrogens with two attached hydrogens (primary N) is 1. The number of nitrogens with zero attached hydrogens (tertiary/aromatic N) is 4. The van der Waals surface area contributed by atoms with Crippen molar-refractivity contribution in [2.45, 2.75) is 18.5 Å². The summed E-state index contributed by atoms with van der Waals surface area (Å²) in [4.78, 5) is 22.2. The lowest BCUT2D eigenvalue weighted by Crippen LogP contribution is -2.29. The number of rotatable bonds is 8. The Bertz CT molecular complexity index is 435. The van der Waals surface area contributed by atoms with Gasteiger partial charge < -0.3 is 11.1 Å². The Morgan fingerprint density at radius 1 is 1.58 bits per heavy atom. The van der Waals surface area contributed by atoms with Crippen LogP contribution in [0.5, 0.6) is 0 Å². The van der Waals surface area contributed by atoms with Crippen molar-refractivity contribution in [3.8, 4) is 0 Å². The van der Waals surface area contributed by atoms with Gasteiger partial charge in [-0.25, -0.2) is 4.68 Å². The van der Waals surface area contributed by atoms with Crippen molar-refractivity contribution < 1.29 is 9.59 Å². The molecule has 105 valence electrons. The van der Waals surface area contributed by atoms with Crippen LogP contribution in [0.3, 0.4) is 0 Å². The van der Waals surface area contributed by atoms with Crippen LogP contribution >= 0.6 is 11.8 Å². The molecule has 1 radical (unpaired) electrons. The molecule has 0 unspecified atom stereocenters. The first-order chi connectivity index (χ1) is 8.99. The molecule has 19 heavy (non-hydrogen) atoms. The van der Waals surface area contributed by atoms with Crippen LogP contribution in [0.4, 0.5) is 0 Å². The third-order valence-corrected chi connectivity index (χ3v) is 3.19. The fourth-order valence-corrected chi connectivity index (χ4v) is 2.06. The van der Waals surface area contributed by atoms with Crippen molar-refractivity contribution >= 4 is 23.6 Å². The SMILES string of the molecule is C[C@@H]([CH]C(=O)NCCSc1nnnn1C)CC(N)=O. The van der Waals surface area contributed by atoms with Gasteiger partial charge in [0.25, 0.3) is 0 Å². The molecule has 9 heteroatoms. The van der Waals surface area contributed by atoms with Gasteiger partial charge in [0, 0.05) is 25.8 Å². The number of aromatic nitrogens is 4. The van der Waals surface area contributed by atoms with E-state index in [1.807, 2.05) is 0 Å². The van der Waals surface area contributed by atoms with Crippen LogP contribution in [0.25, 0.3) is 0 Å². The first-order valence-corrected chi connectivity index (χ1v) is 6.73. The van der Waals surface area contributed by atoms with Gasteiger partial charge in [-0.1, -0.05) is 18.7 Å². The van der Waals surface area contributed by atoms with Crippen molar-refractivity contribution in [3.63, 3.8) is 0 Å². The van der Waals surface area contributed by atoms with E-state index in [1.165, 1.54) is 18.2 Å². The number of carbonyl (C=O) groups excluding carboxylic acids is 2. The predicted octanol–water partition coefficient (Wildman–Crippen LogP) is -0.866. The Kier molecular flexibility index (Phi) is 6.26. The largest absolute Gasteiger partial charge is 0.370 e. The highest BCUT2D eigenvalue weighted by molar-refractivity contribution is 7.99. The summed E-state index contributed by atoms with van der Waals surface area (Å²) in [6.07, 6.45) is 1.63. The second-order valence-electron chi connectivity index (χ2n) is 4.04. The Balaban J connectivity index is 2.14. The van der Waals surface area contributed by atoms with Crippen molar-refractivity contribution in [3.05, 3.63) is 6.42 Å². The van der Waals surface area contributed by atoms with E-state index >= 15 is 0 Å². The molecule has 0 bridgehead atoms. The molecule has 0 spiro atoms. The second kappa shape index (κ2) is 7.72. The summed E-state index contributed by atoms with van der Waals surface area (Å²) in [5.41, 5.74) is 5.04. The molecule has 0 saturated carbocycles. The molecule has 1 aromatic rings. The molecule has 0 aliphatic rings. The third kappa shape index (κ3) is 6.18. The average Bonchev–Trinajstić information content (AvgIpc) is 2.69. The number of hydrogen-bond acceptors (Lipinski definition) is 6. The van der Waals surface area contributed by atoms with E-state index in [9.17, 15) is 9.59 Å². The van der Waals surface area contributed by atoms with E-state index in [4.69, 9.17) is 5.73 Å². The second-order valence-corrected chi connectivity index (χ2v) is 5.10. The molecule has 1 heterocycles. The van der Waals surface area contributed by atoms with Crippen LogP contribution in [0, 0.1) is 12.3 Å². The van der Waals surface area contributed by atoms with Gasteiger partial charge >= 0.3 is 0 Å². The minimum absolute atomic E-state index is 0.159. The molecule has 0 saturated heterocycles. The van der Waals surface area contributed by atoms with Gasteiger partial charge in [-0.3, -0.25) is 9.59 Å². The normalized spacial score (nSPS) is 12.1. The number of tetrazole rings is 1. The van der Waals surface area contributed by atoms with Crippen LogP contribution in [0.2, 0.25) is 0 Å². The van der Waals surface area contributed by atoms with Crippen LogP contribution in [0.1, 0.15) is 13.3 Å². The predicted molar refractivity (Wildman–Crippen MR) is 69.8 cm³/mol. The van der Waals surface area contributed by atoms with Gasteiger partial charge in [-0.2, -0.15) is 0 Å². The van der Waals surface area contributed by atoms with Crippen molar-refractivity contribution in [2.24, 2.45) is 18.7 Å². The van der Waals surface area contributed by atoms with E-state index in [0.29, 0.717) is 17.5 Å². The number of carbonyl (C=O) groups is 2. The third-order valence-electron chi connectivity index (χ3n) is 2.17. The molecule has 3 N–H and O–H groups in total. The van der Waals surface area contributed by atoms with Gasteiger partial charge in [-0.15, -0.1) is 5.10 Å². The van der Waals surface area contributed by atoms with Crippen LogP contribution < -0.4 is 11.1 Å². The Labute approximate surface area is 115 Å². The fraction of sp³-hybridized carbons (Fsp3) is 0.600. The first kappa shape index (κ1) is 15.4.